The Hall–Kier alpha value is -3.06. The summed E-state index contributed by atoms with van der Waals surface area (Å²) in [6, 6.07) is 26.7. The largest absolute Gasteiger partial charge is 1.00 e. The van der Waals surface area contributed by atoms with Crippen LogP contribution < -0.4 is 145 Å². The van der Waals surface area contributed by atoms with Crippen LogP contribution in [0.15, 0.2) is 84.9 Å². The molecule has 0 aliphatic rings. The number of rotatable bonds is 32. The van der Waals surface area contributed by atoms with Crippen LogP contribution in [0.2, 0.25) is 0 Å². The van der Waals surface area contributed by atoms with Gasteiger partial charge in [0.15, 0.2) is 34.5 Å². The maximum atomic E-state index is 12.5. The predicted octanol–water partition coefficient (Wildman–Crippen LogP) is 9.45. The monoisotopic (exact) mass is 1280 g/mol. The van der Waals surface area contributed by atoms with Crippen molar-refractivity contribution >= 4 is 45.8 Å². The molecular weight excluding hydrogens is 1180 g/mol. The molecule has 464 valence electrons. The van der Waals surface area contributed by atoms with Crippen molar-refractivity contribution in [3.05, 3.63) is 124 Å². The van der Waals surface area contributed by atoms with Crippen LogP contribution in [0.25, 0.3) is 24.3 Å². The molecule has 22 heteroatoms. The second kappa shape index (κ2) is 45.2. The van der Waals surface area contributed by atoms with Gasteiger partial charge in [-0.3, -0.25) is 13.9 Å². The van der Waals surface area contributed by atoms with Crippen LogP contribution in [0.4, 0.5) is 0 Å². The van der Waals surface area contributed by atoms with E-state index in [1.54, 1.807) is 68.3 Å². The fraction of sp³-hybridized carbons (Fsp3) is 0.444. The molecule has 85 heavy (non-hydrogen) atoms. The molecule has 3 N–H and O–H groups in total. The van der Waals surface area contributed by atoms with Gasteiger partial charge in [0.1, 0.15) is 6.29 Å². The Kier molecular flexibility index (Phi) is 44.7. The summed E-state index contributed by atoms with van der Waals surface area (Å²) in [5, 5.41) is 0. The smallest absolute Gasteiger partial charge is 1.00 e. The Morgan fingerprint density at radius 1 is 0.400 bits per heavy atom. The van der Waals surface area contributed by atoms with Crippen LogP contribution >= 0.6 is 15.2 Å². The van der Waals surface area contributed by atoms with E-state index in [1.165, 1.54) is 14.2 Å². The number of aldehydes is 1. The number of carbonyl (C=O) groups excluding carboxylic acids is 1. The van der Waals surface area contributed by atoms with Crippen molar-refractivity contribution < 1.29 is 190 Å². The molecular formula is C63H92K2O18P2. The average Bonchev–Trinajstić information content (AvgIpc) is 3.47. The van der Waals surface area contributed by atoms with Crippen molar-refractivity contribution in [1.29, 1.82) is 0 Å². The van der Waals surface area contributed by atoms with E-state index in [2.05, 4.69) is 50.3 Å². The quantitative estimate of drug-likeness (QED) is 0.0169. The van der Waals surface area contributed by atoms with E-state index in [0.717, 1.165) is 58.9 Å². The van der Waals surface area contributed by atoms with E-state index >= 15 is 0 Å². The van der Waals surface area contributed by atoms with Gasteiger partial charge in [0.05, 0.1) is 99.7 Å². The Morgan fingerprint density at radius 3 is 0.824 bits per heavy atom. The number of ether oxygens (including phenoxy) is 9. The molecule has 0 saturated carbocycles. The zero-order valence-electron chi connectivity index (χ0n) is 54.4. The molecule has 0 aromatic heterocycles. The zero-order valence-corrected chi connectivity index (χ0v) is 61.5. The number of carbonyl (C=O) groups is 1. The van der Waals surface area contributed by atoms with Gasteiger partial charge in [-0.15, -0.1) is 0 Å². The number of hydrogen-bond donors (Lipinski definition) is 0. The first kappa shape index (κ1) is 84.0. The molecule has 0 aliphatic heterocycles. The molecule has 5 aromatic carbocycles. The standard InChI is InChI=1S/C34H42O6.C16H28O6P2.C13H18O4.2K.2H2O.H/c1-9-23(3)39-33-29(35-5)19-27(20-30(33)36-6)17-15-25-11-13-26(14-12-25)16-18-28-21-31(37-7)34(32(22-28)38-8)40-24(4)10-2;1-5-19-23(17,20-6-2)13-15-9-11-16(12-10-15)14-24(18,21-7-3)22-8-4;1-5-9(2)17-13-11(15-3)6-10(8-14)7-12(13)16-4;;;;;/h11-24H,9-10H2,1-8H3;9-12H,5-8,13-14H2,1-4H3;6-9H,5H2,1-4H3;;;2*1H2;/q;;;2*+1;;;-1/p-1/b17-15+,18-16+;;;;;;;. The molecule has 0 amide bonds. The average molecular weight is 1280 g/mol. The molecule has 0 radical (unpaired) electrons. The maximum absolute atomic E-state index is 12.5. The van der Waals surface area contributed by atoms with Gasteiger partial charge in [-0.1, -0.05) is 93.6 Å². The van der Waals surface area contributed by atoms with Gasteiger partial charge in [0.2, 0.25) is 17.2 Å². The van der Waals surface area contributed by atoms with Crippen molar-refractivity contribution in [2.24, 2.45) is 0 Å². The summed E-state index contributed by atoms with van der Waals surface area (Å²) >= 11 is 0. The molecule has 18 nitrogen and oxygen atoms in total. The molecule has 0 aliphatic carbocycles. The minimum atomic E-state index is -3.12. The maximum Gasteiger partial charge on any atom is 1.00 e. The van der Waals surface area contributed by atoms with E-state index < -0.39 is 15.2 Å². The van der Waals surface area contributed by atoms with Crippen LogP contribution in [0, 0.1) is 0 Å². The van der Waals surface area contributed by atoms with Gasteiger partial charge in [-0.05, 0) is 138 Å². The molecule has 0 fully saturated rings. The van der Waals surface area contributed by atoms with Gasteiger partial charge >= 0.3 is 118 Å². The van der Waals surface area contributed by atoms with Crippen LogP contribution in [-0.2, 0) is 39.5 Å². The van der Waals surface area contributed by atoms with Crippen LogP contribution in [0.3, 0.4) is 0 Å². The molecule has 3 atom stereocenters. The third-order valence-electron chi connectivity index (χ3n) is 12.2. The summed E-state index contributed by atoms with van der Waals surface area (Å²) in [4.78, 5) is 10.8. The molecule has 0 saturated heterocycles. The Bertz CT molecular complexity index is 2590. The Morgan fingerprint density at radius 2 is 0.624 bits per heavy atom. The van der Waals surface area contributed by atoms with Crippen LogP contribution in [-0.4, -0.2) is 105 Å². The first-order valence-electron chi connectivity index (χ1n) is 27.4. The normalized spacial score (nSPS) is 11.9. The second-order valence-electron chi connectivity index (χ2n) is 18.3. The summed E-state index contributed by atoms with van der Waals surface area (Å²) in [6.07, 6.45) is 12.2. The SMILES string of the molecule is CCC(C)Oc1c(OC)cc(/C=C/c2ccc(/C=C/c3cc(OC)c(OC(C)CC)c(OC)c3)cc2)cc1OC.CCC(C)Oc1c(OC)cc(C=O)cc1OC.CCOP(=O)(Cc1ccc(CP(=O)(OCC)OCC)cc1)OCC.O.[H-].[K+].[K+].[OH-]. The van der Waals surface area contributed by atoms with Crippen molar-refractivity contribution in [2.45, 2.75) is 119 Å². The predicted molar refractivity (Wildman–Crippen MR) is 332 cm³/mol. The van der Waals surface area contributed by atoms with Gasteiger partial charge in [-0.2, -0.15) is 0 Å². The van der Waals surface area contributed by atoms with Gasteiger partial charge in [0.25, 0.3) is 0 Å². The second-order valence-corrected chi connectivity index (χ2v) is 22.4. The summed E-state index contributed by atoms with van der Waals surface area (Å²) in [5.41, 5.74) is 6.24. The van der Waals surface area contributed by atoms with E-state index in [-0.39, 0.29) is 146 Å². The van der Waals surface area contributed by atoms with Gasteiger partial charge < -0.3 is 73.1 Å². The third-order valence-corrected chi connectivity index (χ3v) is 16.3. The van der Waals surface area contributed by atoms with E-state index in [1.807, 2.05) is 88.4 Å². The molecule has 0 heterocycles. The minimum absolute atomic E-state index is 0. The molecule has 0 bridgehead atoms. The molecule has 5 rings (SSSR count). The van der Waals surface area contributed by atoms with Crippen LogP contribution in [0.1, 0.15) is 134 Å². The number of hydrogen-bond acceptors (Lipinski definition) is 17. The van der Waals surface area contributed by atoms with Gasteiger partial charge in [0, 0.05) is 5.56 Å². The Balaban J connectivity index is -0.00000128. The number of methoxy groups -OCH3 is 6. The molecule has 3 unspecified atom stereocenters. The third kappa shape index (κ3) is 28.5. The molecule has 5 aromatic rings. The van der Waals surface area contributed by atoms with Gasteiger partial charge in [-0.25, -0.2) is 0 Å². The summed E-state index contributed by atoms with van der Waals surface area (Å²) in [7, 11) is 3.38. The Labute approximate surface area is 592 Å². The van der Waals surface area contributed by atoms with Crippen molar-refractivity contribution in [1.82, 2.24) is 0 Å². The van der Waals surface area contributed by atoms with Crippen molar-refractivity contribution in [3.8, 4) is 51.7 Å². The van der Waals surface area contributed by atoms with Crippen molar-refractivity contribution in [2.75, 3.05) is 69.1 Å². The fourth-order valence-electron chi connectivity index (χ4n) is 7.51. The fourth-order valence-corrected chi connectivity index (χ4v) is 10.9. The molecule has 0 spiro atoms. The first-order chi connectivity index (χ1) is 38.9. The van der Waals surface area contributed by atoms with E-state index in [0.29, 0.717) is 83.7 Å². The summed E-state index contributed by atoms with van der Waals surface area (Å²) in [6.45, 7) is 20.7. The zero-order chi connectivity index (χ0) is 60.0. The minimum Gasteiger partial charge on any atom is -1.00 e. The van der Waals surface area contributed by atoms with Crippen molar-refractivity contribution in [3.63, 3.8) is 0 Å². The topological polar surface area (TPSA) is 233 Å². The van der Waals surface area contributed by atoms with E-state index in [9.17, 15) is 13.9 Å². The number of benzene rings is 5. The summed E-state index contributed by atoms with van der Waals surface area (Å²) in [5.74, 6) is 5.38. The van der Waals surface area contributed by atoms with Crippen LogP contribution in [0.5, 0.6) is 51.7 Å². The summed E-state index contributed by atoms with van der Waals surface area (Å²) < 4.78 is 96.9. The first-order valence-corrected chi connectivity index (χ1v) is 30.9. The van der Waals surface area contributed by atoms with E-state index in [4.69, 9.17) is 60.7 Å².